The van der Waals surface area contributed by atoms with E-state index in [9.17, 15) is 18.0 Å². The number of hydrogen-bond donors (Lipinski definition) is 3. The Morgan fingerprint density at radius 1 is 1.00 bits per heavy atom. The van der Waals surface area contributed by atoms with Crippen molar-refractivity contribution in [3.63, 3.8) is 0 Å². The topological polar surface area (TPSA) is 125 Å². The minimum atomic E-state index is -3.73. The van der Waals surface area contributed by atoms with Crippen molar-refractivity contribution in [2.75, 3.05) is 10.0 Å². The molecule has 0 aliphatic heterocycles. The van der Waals surface area contributed by atoms with Crippen molar-refractivity contribution in [1.82, 2.24) is 4.98 Å². The molecule has 0 bridgehead atoms. The number of thiazole rings is 1. The smallest absolute Gasteiger partial charge is 0.307 e. The van der Waals surface area contributed by atoms with Crippen molar-refractivity contribution < 1.29 is 23.1 Å². The molecule has 0 saturated heterocycles. The third-order valence-electron chi connectivity index (χ3n) is 3.76. The molecular formula is C19H17N3O5S2. The van der Waals surface area contributed by atoms with E-state index in [0.29, 0.717) is 16.9 Å². The highest BCUT2D eigenvalue weighted by Crippen LogP contribution is 2.20. The second-order valence-electron chi connectivity index (χ2n) is 6.05. The van der Waals surface area contributed by atoms with Gasteiger partial charge in [0.15, 0.2) is 5.13 Å². The number of anilines is 2. The van der Waals surface area contributed by atoms with Crippen LogP contribution in [0.25, 0.3) is 0 Å². The van der Waals surface area contributed by atoms with E-state index >= 15 is 0 Å². The Kier molecular flexibility index (Phi) is 6.25. The Morgan fingerprint density at radius 3 is 2.34 bits per heavy atom. The third kappa shape index (κ3) is 5.87. The van der Waals surface area contributed by atoms with E-state index in [4.69, 9.17) is 5.11 Å². The molecular weight excluding hydrogens is 414 g/mol. The van der Waals surface area contributed by atoms with Crippen molar-refractivity contribution in [3.8, 4) is 0 Å². The molecule has 10 heteroatoms. The highest BCUT2D eigenvalue weighted by molar-refractivity contribution is 7.93. The number of carboxylic acids is 1. The molecule has 3 N–H and O–H groups in total. The van der Waals surface area contributed by atoms with Crippen LogP contribution in [0, 0.1) is 0 Å². The summed E-state index contributed by atoms with van der Waals surface area (Å²) in [5.74, 6) is -1.25. The van der Waals surface area contributed by atoms with E-state index in [1.165, 1.54) is 12.1 Å². The van der Waals surface area contributed by atoms with Gasteiger partial charge in [-0.1, -0.05) is 30.3 Å². The van der Waals surface area contributed by atoms with Crippen molar-refractivity contribution in [2.24, 2.45) is 0 Å². The molecule has 150 valence electrons. The number of aliphatic carboxylic acids is 1. The van der Waals surface area contributed by atoms with E-state index in [2.05, 4.69) is 15.0 Å². The molecule has 29 heavy (non-hydrogen) atoms. The average Bonchev–Trinajstić information content (AvgIpc) is 3.09. The molecule has 1 aromatic heterocycles. The highest BCUT2D eigenvalue weighted by Gasteiger charge is 2.16. The summed E-state index contributed by atoms with van der Waals surface area (Å²) in [5, 5.41) is 13.2. The molecule has 0 fully saturated rings. The van der Waals surface area contributed by atoms with Gasteiger partial charge in [-0.15, -0.1) is 11.3 Å². The van der Waals surface area contributed by atoms with Crippen molar-refractivity contribution in [3.05, 3.63) is 71.2 Å². The summed E-state index contributed by atoms with van der Waals surface area (Å²) < 4.78 is 27.0. The van der Waals surface area contributed by atoms with Crippen LogP contribution in [0.2, 0.25) is 0 Å². The zero-order valence-corrected chi connectivity index (χ0v) is 16.7. The molecule has 0 saturated carbocycles. The molecule has 0 radical (unpaired) electrons. The van der Waals surface area contributed by atoms with Crippen LogP contribution in [0.3, 0.4) is 0 Å². The molecule has 0 unspecified atom stereocenters. The van der Waals surface area contributed by atoms with Crippen LogP contribution in [-0.4, -0.2) is 30.4 Å². The molecule has 8 nitrogen and oxygen atoms in total. The highest BCUT2D eigenvalue weighted by atomic mass is 32.2. The Hall–Kier alpha value is -3.24. The van der Waals surface area contributed by atoms with Crippen LogP contribution >= 0.6 is 11.3 Å². The average molecular weight is 431 g/mol. The normalized spacial score (nSPS) is 11.0. The van der Waals surface area contributed by atoms with Gasteiger partial charge in [-0.25, -0.2) is 13.4 Å². The standard InChI is InChI=1S/C19H17N3O5S2/c23-17(20-14-8-6-13(7-9-14)10-18(24)25)11-15-12-28-19(21-15)22-29(26,27)16-4-2-1-3-5-16/h1-9,12H,10-11H2,(H,20,23)(H,21,22)(H,24,25). The Morgan fingerprint density at radius 2 is 1.69 bits per heavy atom. The van der Waals surface area contributed by atoms with Crippen LogP contribution in [0.5, 0.6) is 0 Å². The van der Waals surface area contributed by atoms with Gasteiger partial charge in [-0.05, 0) is 29.8 Å². The molecule has 1 heterocycles. The minimum absolute atomic E-state index is 0.0273. The molecule has 1 amide bonds. The van der Waals surface area contributed by atoms with Crippen molar-refractivity contribution in [2.45, 2.75) is 17.7 Å². The maximum Gasteiger partial charge on any atom is 0.307 e. The van der Waals surface area contributed by atoms with Crippen molar-refractivity contribution in [1.29, 1.82) is 0 Å². The minimum Gasteiger partial charge on any atom is -0.481 e. The predicted octanol–water partition coefficient (Wildman–Crippen LogP) is 2.75. The number of carboxylic acid groups (broad SMARTS) is 1. The summed E-state index contributed by atoms with van der Waals surface area (Å²) in [5.41, 5.74) is 1.59. The number of amides is 1. The predicted molar refractivity (Wildman–Crippen MR) is 109 cm³/mol. The first-order valence-corrected chi connectivity index (χ1v) is 10.8. The van der Waals surface area contributed by atoms with Gasteiger partial charge in [-0.2, -0.15) is 0 Å². The monoisotopic (exact) mass is 431 g/mol. The van der Waals surface area contributed by atoms with Crippen LogP contribution in [0.15, 0.2) is 64.9 Å². The number of sulfonamides is 1. The number of benzene rings is 2. The number of carbonyl (C=O) groups excluding carboxylic acids is 1. The zero-order chi connectivity index (χ0) is 20.9. The SMILES string of the molecule is O=C(O)Cc1ccc(NC(=O)Cc2csc(NS(=O)(=O)c3ccccc3)n2)cc1. The first kappa shape index (κ1) is 20.5. The maximum absolute atomic E-state index is 12.3. The van der Waals surface area contributed by atoms with Crippen LogP contribution in [0.1, 0.15) is 11.3 Å². The van der Waals surface area contributed by atoms with E-state index < -0.39 is 16.0 Å². The summed E-state index contributed by atoms with van der Waals surface area (Å²) in [6.07, 6.45) is -0.116. The third-order valence-corrected chi connectivity index (χ3v) is 6.05. The van der Waals surface area contributed by atoms with Gasteiger partial charge >= 0.3 is 5.97 Å². The quantitative estimate of drug-likeness (QED) is 0.504. The van der Waals surface area contributed by atoms with E-state index in [0.717, 1.165) is 11.3 Å². The molecule has 0 aliphatic rings. The number of nitrogens with zero attached hydrogens (tertiary/aromatic N) is 1. The summed E-state index contributed by atoms with van der Waals surface area (Å²) in [6.45, 7) is 0. The number of carbonyl (C=O) groups is 2. The number of hydrogen-bond acceptors (Lipinski definition) is 6. The molecule has 3 rings (SSSR count). The van der Waals surface area contributed by atoms with Gasteiger partial charge in [0.05, 0.1) is 23.4 Å². The van der Waals surface area contributed by atoms with Gasteiger partial charge < -0.3 is 10.4 Å². The van der Waals surface area contributed by atoms with Gasteiger partial charge in [0, 0.05) is 11.1 Å². The van der Waals surface area contributed by atoms with Crippen LogP contribution in [-0.2, 0) is 32.5 Å². The first-order valence-electron chi connectivity index (χ1n) is 8.45. The summed E-state index contributed by atoms with van der Waals surface area (Å²) in [6, 6.07) is 14.4. The van der Waals surface area contributed by atoms with Gasteiger partial charge in [0.2, 0.25) is 5.91 Å². The van der Waals surface area contributed by atoms with E-state index in [-0.39, 0.29) is 28.8 Å². The van der Waals surface area contributed by atoms with Gasteiger partial charge in [0.25, 0.3) is 10.0 Å². The summed E-state index contributed by atoms with van der Waals surface area (Å²) >= 11 is 1.09. The fraction of sp³-hybridized carbons (Fsp3) is 0.105. The second-order valence-corrected chi connectivity index (χ2v) is 8.60. The summed E-state index contributed by atoms with van der Waals surface area (Å²) in [7, 11) is -3.73. The number of nitrogens with one attached hydrogen (secondary N) is 2. The maximum atomic E-state index is 12.3. The van der Waals surface area contributed by atoms with Gasteiger partial charge in [0.1, 0.15) is 0 Å². The molecule has 0 atom stereocenters. The molecule has 2 aromatic carbocycles. The van der Waals surface area contributed by atoms with Crippen molar-refractivity contribution >= 4 is 44.1 Å². The Labute approximate surface area is 171 Å². The lowest BCUT2D eigenvalue weighted by molar-refractivity contribution is -0.136. The first-order chi connectivity index (χ1) is 13.8. The number of aromatic nitrogens is 1. The Bertz CT molecular complexity index is 1110. The van der Waals surface area contributed by atoms with Crippen LogP contribution < -0.4 is 10.0 Å². The zero-order valence-electron chi connectivity index (χ0n) is 15.0. The van der Waals surface area contributed by atoms with E-state index in [1.807, 2.05) is 0 Å². The largest absolute Gasteiger partial charge is 0.481 e. The summed E-state index contributed by atoms with van der Waals surface area (Å²) in [4.78, 5) is 27.1. The number of rotatable bonds is 8. The Balaban J connectivity index is 1.58. The fourth-order valence-electron chi connectivity index (χ4n) is 2.46. The van der Waals surface area contributed by atoms with E-state index in [1.54, 1.807) is 47.8 Å². The molecule has 3 aromatic rings. The molecule has 0 aliphatic carbocycles. The lowest BCUT2D eigenvalue weighted by atomic mass is 10.1. The second kappa shape index (κ2) is 8.84. The fourth-order valence-corrected chi connectivity index (χ4v) is 4.44. The van der Waals surface area contributed by atoms with Crippen LogP contribution in [0.4, 0.5) is 10.8 Å². The molecule has 0 spiro atoms. The lowest BCUT2D eigenvalue weighted by Crippen LogP contribution is -2.15. The lowest BCUT2D eigenvalue weighted by Gasteiger charge is -2.05. The van der Waals surface area contributed by atoms with Gasteiger partial charge in [-0.3, -0.25) is 14.3 Å².